The predicted molar refractivity (Wildman–Crippen MR) is 137 cm³/mol. The monoisotopic (exact) mass is 465 g/mol. The number of fused-ring (bicyclic) bond motifs is 2. The van der Waals surface area contributed by atoms with Crippen molar-refractivity contribution >= 4 is 44.8 Å². The zero-order valence-electron chi connectivity index (χ0n) is 19.4. The quantitative estimate of drug-likeness (QED) is 0.233. The maximum Gasteiger partial charge on any atom is 0.323 e. The summed E-state index contributed by atoms with van der Waals surface area (Å²) in [5.41, 5.74) is 5.53. The second-order valence-electron chi connectivity index (χ2n) is 8.56. The van der Waals surface area contributed by atoms with Crippen molar-refractivity contribution in [2.45, 2.75) is 20.8 Å². The summed E-state index contributed by atoms with van der Waals surface area (Å²) in [6.45, 7) is 6.00. The minimum Gasteiger partial charge on any atom is -0.505 e. The van der Waals surface area contributed by atoms with Crippen molar-refractivity contribution in [3.63, 3.8) is 0 Å². The number of carbonyl (C=O) groups excluding carboxylic acids is 1. The zero-order chi connectivity index (χ0) is 24.7. The number of amides is 1. The lowest BCUT2D eigenvalue weighted by molar-refractivity contribution is 0.102. The largest absolute Gasteiger partial charge is 0.505 e. The summed E-state index contributed by atoms with van der Waals surface area (Å²) in [7, 11) is 0. The lowest BCUT2D eigenvalue weighted by Crippen LogP contribution is -2.12. The van der Waals surface area contributed by atoms with Crippen LogP contribution in [0.3, 0.4) is 0 Å². The van der Waals surface area contributed by atoms with Crippen LogP contribution in [0.25, 0.3) is 21.8 Å². The Morgan fingerprint density at radius 3 is 2.43 bits per heavy atom. The van der Waals surface area contributed by atoms with Crippen LogP contribution in [0, 0.1) is 20.8 Å². The van der Waals surface area contributed by atoms with Crippen LogP contribution < -0.4 is 11.0 Å². The van der Waals surface area contributed by atoms with E-state index in [0.717, 1.165) is 22.1 Å². The van der Waals surface area contributed by atoms with Gasteiger partial charge in [0, 0.05) is 11.1 Å². The van der Waals surface area contributed by atoms with Gasteiger partial charge in [-0.15, -0.1) is 5.11 Å². The minimum atomic E-state index is -0.510. The number of rotatable bonds is 4. The van der Waals surface area contributed by atoms with Gasteiger partial charge in [-0.25, -0.2) is 4.79 Å². The molecule has 5 rings (SSSR count). The van der Waals surface area contributed by atoms with Crippen LogP contribution >= 0.6 is 0 Å². The molecule has 0 atom stereocenters. The van der Waals surface area contributed by atoms with Crippen LogP contribution in [-0.2, 0) is 0 Å². The fraction of sp³-hybridized carbons (Fsp3) is 0.111. The standard InChI is InChI=1S/C27H23N5O3/c1-14-10-16(3)22(11-15(14)2)31-32-24-19-7-5-4-6-17(19)12-20(25(24)33)26(34)28-18-8-9-21-23(13-18)30-27(35)29-21/h4-13,33H,1-3H3,(H,28,34)(H2,29,30,35). The number of nitrogens with zero attached hydrogens (tertiary/aromatic N) is 2. The van der Waals surface area contributed by atoms with Gasteiger partial charge in [-0.05, 0) is 73.2 Å². The van der Waals surface area contributed by atoms with Crippen LogP contribution in [0.5, 0.6) is 5.75 Å². The highest BCUT2D eigenvalue weighted by Gasteiger charge is 2.19. The third-order valence-corrected chi connectivity index (χ3v) is 6.08. The van der Waals surface area contributed by atoms with E-state index in [4.69, 9.17) is 0 Å². The molecule has 0 spiro atoms. The molecule has 5 aromatic rings. The summed E-state index contributed by atoms with van der Waals surface area (Å²) < 4.78 is 0. The Kier molecular flexibility index (Phi) is 5.41. The summed E-state index contributed by atoms with van der Waals surface area (Å²) >= 11 is 0. The number of hydrogen-bond acceptors (Lipinski definition) is 5. The molecule has 0 aliphatic carbocycles. The summed E-state index contributed by atoms with van der Waals surface area (Å²) in [6, 6.07) is 18.0. The van der Waals surface area contributed by atoms with Gasteiger partial charge in [0.2, 0.25) is 0 Å². The molecule has 0 unspecified atom stereocenters. The smallest absolute Gasteiger partial charge is 0.323 e. The highest BCUT2D eigenvalue weighted by molar-refractivity contribution is 6.12. The maximum absolute atomic E-state index is 13.2. The predicted octanol–water partition coefficient (Wildman–Crippen LogP) is 6.31. The number of benzene rings is 4. The summed E-state index contributed by atoms with van der Waals surface area (Å²) in [5.74, 6) is -0.771. The van der Waals surface area contributed by atoms with E-state index in [1.54, 1.807) is 24.3 Å². The number of nitrogens with one attached hydrogen (secondary N) is 3. The van der Waals surface area contributed by atoms with Crippen molar-refractivity contribution in [1.29, 1.82) is 0 Å². The molecule has 4 aromatic carbocycles. The molecule has 0 saturated carbocycles. The topological polar surface area (TPSA) is 123 Å². The fourth-order valence-corrected chi connectivity index (χ4v) is 4.06. The molecule has 1 amide bonds. The molecule has 1 aromatic heterocycles. The number of H-pyrrole nitrogens is 2. The van der Waals surface area contributed by atoms with Crippen molar-refractivity contribution in [3.8, 4) is 5.75 Å². The SMILES string of the molecule is Cc1cc(C)c(N=Nc2c(O)c(C(=O)Nc3ccc4[nH]c(=O)[nH]c4c3)cc3ccccc23)cc1C. The van der Waals surface area contributed by atoms with Gasteiger partial charge in [0.15, 0.2) is 5.75 Å². The number of aromatic amines is 2. The third kappa shape index (κ3) is 4.17. The van der Waals surface area contributed by atoms with E-state index in [2.05, 4.69) is 25.5 Å². The third-order valence-electron chi connectivity index (χ3n) is 6.08. The second kappa shape index (κ2) is 8.57. The summed E-state index contributed by atoms with van der Waals surface area (Å²) in [6.07, 6.45) is 0. The van der Waals surface area contributed by atoms with E-state index in [9.17, 15) is 14.7 Å². The lowest BCUT2D eigenvalue weighted by atomic mass is 10.0. The van der Waals surface area contributed by atoms with Gasteiger partial charge in [0.1, 0.15) is 5.69 Å². The molecular formula is C27H23N5O3. The molecule has 0 bridgehead atoms. The summed E-state index contributed by atoms with van der Waals surface area (Å²) in [4.78, 5) is 30.0. The number of aromatic hydroxyl groups is 1. The first kappa shape index (κ1) is 22.1. The molecule has 0 aliphatic heterocycles. The van der Waals surface area contributed by atoms with Crippen LogP contribution in [0.15, 0.2) is 75.7 Å². The molecule has 0 aliphatic rings. The second-order valence-corrected chi connectivity index (χ2v) is 8.56. The van der Waals surface area contributed by atoms with Crippen LogP contribution in [-0.4, -0.2) is 21.0 Å². The minimum absolute atomic E-state index is 0.0668. The van der Waals surface area contributed by atoms with Gasteiger partial charge in [0.05, 0.1) is 22.3 Å². The van der Waals surface area contributed by atoms with E-state index < -0.39 is 5.91 Å². The van der Waals surface area contributed by atoms with E-state index in [0.29, 0.717) is 27.8 Å². The first-order valence-electron chi connectivity index (χ1n) is 11.1. The van der Waals surface area contributed by atoms with Gasteiger partial charge in [-0.3, -0.25) is 4.79 Å². The number of imidazole rings is 1. The van der Waals surface area contributed by atoms with Crippen molar-refractivity contribution in [1.82, 2.24) is 9.97 Å². The number of carbonyl (C=O) groups is 1. The first-order valence-corrected chi connectivity index (χ1v) is 11.1. The van der Waals surface area contributed by atoms with Crippen LogP contribution in [0.2, 0.25) is 0 Å². The van der Waals surface area contributed by atoms with Gasteiger partial charge in [-0.1, -0.05) is 30.3 Å². The number of phenols is 1. The van der Waals surface area contributed by atoms with Gasteiger partial charge < -0.3 is 20.4 Å². The Balaban J connectivity index is 1.56. The molecule has 0 radical (unpaired) electrons. The molecule has 1 heterocycles. The Bertz CT molecular complexity index is 1710. The molecule has 8 heteroatoms. The Labute approximate surface area is 200 Å². The van der Waals surface area contributed by atoms with Crippen LogP contribution in [0.4, 0.5) is 17.1 Å². The van der Waals surface area contributed by atoms with E-state index in [1.807, 2.05) is 57.2 Å². The molecule has 8 nitrogen and oxygen atoms in total. The van der Waals surface area contributed by atoms with Crippen molar-refractivity contribution in [2.24, 2.45) is 10.2 Å². The number of aromatic nitrogens is 2. The van der Waals surface area contributed by atoms with E-state index >= 15 is 0 Å². The number of anilines is 1. The van der Waals surface area contributed by atoms with Gasteiger partial charge in [0.25, 0.3) is 5.91 Å². The highest BCUT2D eigenvalue weighted by Crippen LogP contribution is 2.40. The van der Waals surface area contributed by atoms with Crippen molar-refractivity contribution in [3.05, 3.63) is 93.4 Å². The van der Waals surface area contributed by atoms with E-state index in [-0.39, 0.29) is 22.7 Å². The summed E-state index contributed by atoms with van der Waals surface area (Å²) in [5, 5.41) is 24.1. The number of aryl methyl sites for hydroxylation is 3. The average Bonchev–Trinajstić information content (AvgIpc) is 3.20. The highest BCUT2D eigenvalue weighted by atomic mass is 16.3. The molecular weight excluding hydrogens is 442 g/mol. The van der Waals surface area contributed by atoms with Gasteiger partial charge >= 0.3 is 5.69 Å². The zero-order valence-corrected chi connectivity index (χ0v) is 19.4. The molecule has 174 valence electrons. The average molecular weight is 466 g/mol. The number of azo groups is 1. The number of hydrogen-bond donors (Lipinski definition) is 4. The Morgan fingerprint density at radius 2 is 1.60 bits per heavy atom. The molecule has 0 fully saturated rings. The van der Waals surface area contributed by atoms with E-state index in [1.165, 1.54) is 0 Å². The lowest BCUT2D eigenvalue weighted by Gasteiger charge is -2.11. The normalized spacial score (nSPS) is 11.5. The van der Waals surface area contributed by atoms with Gasteiger partial charge in [-0.2, -0.15) is 5.11 Å². The van der Waals surface area contributed by atoms with Crippen LogP contribution in [0.1, 0.15) is 27.0 Å². The van der Waals surface area contributed by atoms with Crippen molar-refractivity contribution < 1.29 is 9.90 Å². The Morgan fingerprint density at radius 1 is 0.857 bits per heavy atom. The number of phenolic OH excluding ortho intramolecular Hbond substituents is 1. The first-order chi connectivity index (χ1) is 16.8. The maximum atomic E-state index is 13.2. The molecule has 0 saturated heterocycles. The molecule has 35 heavy (non-hydrogen) atoms. The van der Waals surface area contributed by atoms with Crippen molar-refractivity contribution in [2.75, 3.05) is 5.32 Å². The Hall–Kier alpha value is -4.72. The molecule has 4 N–H and O–H groups in total. The fourth-order valence-electron chi connectivity index (χ4n) is 4.06.